The Balaban J connectivity index is 1.58. The lowest BCUT2D eigenvalue weighted by molar-refractivity contribution is 0.0694. The first-order valence-corrected chi connectivity index (χ1v) is 8.95. The zero-order chi connectivity index (χ0) is 19.5. The zero-order valence-corrected chi connectivity index (χ0v) is 14.9. The summed E-state index contributed by atoms with van der Waals surface area (Å²) in [6, 6.07) is 22.1. The van der Waals surface area contributed by atoms with Gasteiger partial charge in [0, 0.05) is 12.5 Å². The molecule has 6 heteroatoms. The van der Waals surface area contributed by atoms with E-state index in [4.69, 9.17) is 4.74 Å². The number of ether oxygens (including phenoxy) is 1. The summed E-state index contributed by atoms with van der Waals surface area (Å²) in [4.78, 5) is 11.7. The summed E-state index contributed by atoms with van der Waals surface area (Å²) in [6.45, 7) is 0.390. The molecule has 0 bridgehead atoms. The second kappa shape index (κ2) is 7.80. The number of carboxylic acid groups (broad SMARTS) is 1. The molecule has 1 heterocycles. The van der Waals surface area contributed by atoms with Crippen LogP contribution in [0.3, 0.4) is 0 Å². The number of hydrogen-bond acceptors (Lipinski definition) is 4. The van der Waals surface area contributed by atoms with Crippen molar-refractivity contribution in [3.8, 4) is 22.6 Å². The highest BCUT2D eigenvalue weighted by Crippen LogP contribution is 2.32. The van der Waals surface area contributed by atoms with Gasteiger partial charge in [-0.2, -0.15) is 0 Å². The van der Waals surface area contributed by atoms with Crippen molar-refractivity contribution in [3.63, 3.8) is 0 Å². The van der Waals surface area contributed by atoms with Crippen LogP contribution in [0.15, 0.2) is 72.8 Å². The van der Waals surface area contributed by atoms with Gasteiger partial charge in [0.05, 0.1) is 0 Å². The van der Waals surface area contributed by atoms with E-state index in [1.54, 1.807) is 24.3 Å². The van der Waals surface area contributed by atoms with Gasteiger partial charge in [0.2, 0.25) is 0 Å². The molecule has 3 aromatic rings. The Kier molecular flexibility index (Phi) is 5.06. The van der Waals surface area contributed by atoms with Gasteiger partial charge in [-0.3, -0.25) is 5.43 Å². The molecule has 3 aromatic carbocycles. The third kappa shape index (κ3) is 3.74. The summed E-state index contributed by atoms with van der Waals surface area (Å²) in [5.74, 6) is -0.815. The normalized spacial score (nSPS) is 18.8. The molecule has 2 unspecified atom stereocenters. The van der Waals surface area contributed by atoms with Crippen LogP contribution in [0, 0.1) is 0 Å². The lowest BCUT2D eigenvalue weighted by Crippen LogP contribution is -2.27. The van der Waals surface area contributed by atoms with Gasteiger partial charge < -0.3 is 9.84 Å². The molecule has 1 fully saturated rings. The van der Waals surface area contributed by atoms with Crippen LogP contribution in [0.2, 0.25) is 0 Å². The van der Waals surface area contributed by atoms with E-state index in [1.807, 2.05) is 42.5 Å². The Morgan fingerprint density at radius 1 is 1.00 bits per heavy atom. The van der Waals surface area contributed by atoms with Gasteiger partial charge in [-0.1, -0.05) is 48.5 Å². The number of rotatable bonds is 5. The molecule has 4 rings (SSSR count). The predicted molar refractivity (Wildman–Crippen MR) is 104 cm³/mol. The average molecular weight is 378 g/mol. The molecule has 2 atom stereocenters. The Morgan fingerprint density at radius 2 is 1.71 bits per heavy atom. The van der Waals surface area contributed by atoms with Gasteiger partial charge in [0.1, 0.15) is 17.1 Å². The minimum absolute atomic E-state index is 0.00346. The van der Waals surface area contributed by atoms with Gasteiger partial charge in [0.25, 0.3) is 0 Å². The van der Waals surface area contributed by atoms with Crippen molar-refractivity contribution in [2.45, 2.75) is 12.2 Å². The molecule has 5 nitrogen and oxygen atoms in total. The van der Waals surface area contributed by atoms with E-state index in [2.05, 4.69) is 10.9 Å². The maximum atomic E-state index is 13.9. The second-order valence-corrected chi connectivity index (χ2v) is 6.59. The van der Waals surface area contributed by atoms with Gasteiger partial charge in [-0.05, 0) is 41.0 Å². The molecule has 0 saturated carbocycles. The molecule has 1 aliphatic heterocycles. The summed E-state index contributed by atoms with van der Waals surface area (Å²) in [6.07, 6.45) is -1.26. The minimum atomic E-state index is -1.26. The van der Waals surface area contributed by atoms with Crippen LogP contribution >= 0.6 is 0 Å². The van der Waals surface area contributed by atoms with Gasteiger partial charge in [-0.25, -0.2) is 14.6 Å². The van der Waals surface area contributed by atoms with E-state index in [1.165, 1.54) is 6.07 Å². The van der Waals surface area contributed by atoms with Crippen LogP contribution in [-0.2, 0) is 0 Å². The monoisotopic (exact) mass is 378 g/mol. The molecule has 0 radical (unpaired) electrons. The number of hydrazine groups is 1. The van der Waals surface area contributed by atoms with Crippen LogP contribution in [0.5, 0.6) is 11.5 Å². The summed E-state index contributed by atoms with van der Waals surface area (Å²) in [7, 11) is 0. The van der Waals surface area contributed by atoms with E-state index in [0.717, 1.165) is 11.1 Å². The number of benzene rings is 3. The molecular formula is C22H19FN2O3. The van der Waals surface area contributed by atoms with Crippen LogP contribution in [0.1, 0.15) is 21.8 Å². The summed E-state index contributed by atoms with van der Waals surface area (Å²) in [5.41, 5.74) is 7.97. The standard InChI is InChI=1S/C22H19FN2O3/c23-21-19(13-24-25-21)16-8-11-20(18(12-16)22(26)27)28-17-9-6-15(7-10-17)14-4-2-1-3-5-14/h1-12,19,21,24-25H,13H2,(H,26,27). The van der Waals surface area contributed by atoms with E-state index in [0.29, 0.717) is 17.9 Å². The largest absolute Gasteiger partial charge is 0.478 e. The number of nitrogens with one attached hydrogen (secondary N) is 2. The van der Waals surface area contributed by atoms with Gasteiger partial charge in [0.15, 0.2) is 6.30 Å². The maximum absolute atomic E-state index is 13.9. The zero-order valence-electron chi connectivity index (χ0n) is 14.9. The predicted octanol–water partition coefficient (Wildman–Crippen LogP) is 4.33. The number of carbonyl (C=O) groups is 1. The average Bonchev–Trinajstić information content (AvgIpc) is 3.15. The third-order valence-corrected chi connectivity index (χ3v) is 4.77. The first-order chi connectivity index (χ1) is 13.6. The Morgan fingerprint density at radius 3 is 2.36 bits per heavy atom. The highest BCUT2D eigenvalue weighted by molar-refractivity contribution is 5.91. The molecule has 0 aromatic heterocycles. The lowest BCUT2D eigenvalue weighted by Gasteiger charge is -2.15. The first kappa shape index (κ1) is 18.2. The second-order valence-electron chi connectivity index (χ2n) is 6.59. The fourth-order valence-electron chi connectivity index (χ4n) is 3.26. The van der Waals surface area contributed by atoms with Crippen LogP contribution in [-0.4, -0.2) is 23.9 Å². The van der Waals surface area contributed by atoms with Crippen molar-refractivity contribution >= 4 is 5.97 Å². The molecule has 1 saturated heterocycles. The molecule has 3 N–H and O–H groups in total. The van der Waals surface area contributed by atoms with Crippen molar-refractivity contribution in [1.29, 1.82) is 0 Å². The van der Waals surface area contributed by atoms with E-state index in [-0.39, 0.29) is 11.3 Å². The molecule has 0 amide bonds. The highest BCUT2D eigenvalue weighted by Gasteiger charge is 2.29. The van der Waals surface area contributed by atoms with Crippen LogP contribution < -0.4 is 15.6 Å². The van der Waals surface area contributed by atoms with Gasteiger partial charge in [-0.15, -0.1) is 0 Å². The van der Waals surface area contributed by atoms with Crippen molar-refractivity contribution < 1.29 is 19.0 Å². The summed E-state index contributed by atoms with van der Waals surface area (Å²) in [5, 5.41) is 9.56. The minimum Gasteiger partial charge on any atom is -0.478 e. The number of alkyl halides is 1. The Hall–Kier alpha value is -3.22. The first-order valence-electron chi connectivity index (χ1n) is 8.95. The molecule has 0 spiro atoms. The highest BCUT2D eigenvalue weighted by atomic mass is 19.1. The van der Waals surface area contributed by atoms with E-state index >= 15 is 0 Å². The molecule has 28 heavy (non-hydrogen) atoms. The van der Waals surface area contributed by atoms with Crippen molar-refractivity contribution in [3.05, 3.63) is 83.9 Å². The number of hydrogen-bond donors (Lipinski definition) is 3. The fraction of sp³-hybridized carbons (Fsp3) is 0.136. The molecule has 1 aliphatic rings. The topological polar surface area (TPSA) is 70.6 Å². The number of carboxylic acids is 1. The fourth-order valence-corrected chi connectivity index (χ4v) is 3.26. The summed E-state index contributed by atoms with van der Waals surface area (Å²) >= 11 is 0. The Labute approximate surface area is 161 Å². The molecular weight excluding hydrogens is 359 g/mol. The molecule has 142 valence electrons. The lowest BCUT2D eigenvalue weighted by atomic mass is 9.97. The van der Waals surface area contributed by atoms with E-state index in [9.17, 15) is 14.3 Å². The molecule has 0 aliphatic carbocycles. The number of aromatic carboxylic acids is 1. The van der Waals surface area contributed by atoms with Crippen molar-refractivity contribution in [2.75, 3.05) is 6.54 Å². The van der Waals surface area contributed by atoms with Crippen LogP contribution in [0.25, 0.3) is 11.1 Å². The quantitative estimate of drug-likeness (QED) is 0.577. The van der Waals surface area contributed by atoms with E-state index < -0.39 is 18.2 Å². The summed E-state index contributed by atoms with van der Waals surface area (Å²) < 4.78 is 19.7. The number of halogens is 1. The Bertz CT molecular complexity index is 977. The van der Waals surface area contributed by atoms with Crippen molar-refractivity contribution in [1.82, 2.24) is 10.9 Å². The SMILES string of the molecule is O=C(O)c1cc(C2CNNC2F)ccc1Oc1ccc(-c2ccccc2)cc1. The van der Waals surface area contributed by atoms with Gasteiger partial charge >= 0.3 is 5.97 Å². The third-order valence-electron chi connectivity index (χ3n) is 4.77. The van der Waals surface area contributed by atoms with Crippen LogP contribution in [0.4, 0.5) is 4.39 Å². The van der Waals surface area contributed by atoms with Crippen molar-refractivity contribution in [2.24, 2.45) is 0 Å². The smallest absolute Gasteiger partial charge is 0.339 e. The maximum Gasteiger partial charge on any atom is 0.339 e.